The SMILES string of the molecule is CC/C=C\C/C=C\C/C=C\C/C=C\CCCCCCC(=O)OCC(COP(=O)(O)OCC(CO)OC(=O)CCCCCCCCCCCCCCC)OC(=O)CCCCCCCCCCCCCCC. The second kappa shape index (κ2) is 52.8. The van der Waals surface area contributed by atoms with Crippen molar-refractivity contribution in [1.82, 2.24) is 0 Å². The highest BCUT2D eigenvalue weighted by molar-refractivity contribution is 7.47. The second-order valence-electron chi connectivity index (χ2n) is 19.1. The van der Waals surface area contributed by atoms with Crippen LogP contribution >= 0.6 is 7.82 Å². The van der Waals surface area contributed by atoms with Crippen LogP contribution in [0.15, 0.2) is 48.6 Å². The molecule has 0 saturated carbocycles. The average Bonchev–Trinajstić information content (AvgIpc) is 3.35. The van der Waals surface area contributed by atoms with Crippen LogP contribution in [0.4, 0.5) is 0 Å². The summed E-state index contributed by atoms with van der Waals surface area (Å²) in [5.74, 6) is -1.48. The van der Waals surface area contributed by atoms with Crippen molar-refractivity contribution in [3.8, 4) is 0 Å². The monoisotopic (exact) mass is 1010 g/mol. The number of unbranched alkanes of at least 4 members (excludes halogenated alkanes) is 28. The number of phosphoric acid groups is 1. The van der Waals surface area contributed by atoms with Gasteiger partial charge in [-0.3, -0.25) is 23.4 Å². The van der Waals surface area contributed by atoms with Crippen molar-refractivity contribution in [2.45, 2.75) is 277 Å². The van der Waals surface area contributed by atoms with Gasteiger partial charge in [-0.1, -0.05) is 236 Å². The first-order chi connectivity index (χ1) is 34.2. The number of aliphatic hydroxyl groups excluding tert-OH is 1. The maximum Gasteiger partial charge on any atom is 0.472 e. The summed E-state index contributed by atoms with van der Waals surface area (Å²) < 4.78 is 39.5. The molecule has 2 N–H and O–H groups in total. The van der Waals surface area contributed by atoms with Gasteiger partial charge in [0.15, 0.2) is 6.10 Å². The lowest BCUT2D eigenvalue weighted by molar-refractivity contribution is -0.161. The van der Waals surface area contributed by atoms with Crippen molar-refractivity contribution >= 4 is 25.7 Å². The Morgan fingerprint density at radius 3 is 1.14 bits per heavy atom. The fourth-order valence-electron chi connectivity index (χ4n) is 7.94. The first kappa shape index (κ1) is 67.4. The predicted molar refractivity (Wildman–Crippen MR) is 289 cm³/mol. The molecule has 0 bridgehead atoms. The molecular weight excluding hydrogens is 904 g/mol. The van der Waals surface area contributed by atoms with E-state index in [1.807, 2.05) is 0 Å². The Labute approximate surface area is 428 Å². The van der Waals surface area contributed by atoms with Gasteiger partial charge in [-0.25, -0.2) is 4.57 Å². The zero-order valence-corrected chi connectivity index (χ0v) is 45.9. The zero-order chi connectivity index (χ0) is 51.3. The normalized spacial score (nSPS) is 13.7. The molecule has 0 amide bonds. The average molecular weight is 1010 g/mol. The van der Waals surface area contributed by atoms with Gasteiger partial charge in [0.25, 0.3) is 0 Å². The van der Waals surface area contributed by atoms with E-state index in [9.17, 15) is 28.9 Å². The molecule has 0 aliphatic rings. The third kappa shape index (κ3) is 50.4. The van der Waals surface area contributed by atoms with Crippen LogP contribution < -0.4 is 0 Å². The number of carbonyl (C=O) groups is 3. The quantitative estimate of drug-likeness (QED) is 0.0197. The summed E-state index contributed by atoms with van der Waals surface area (Å²) in [6.45, 7) is 4.53. The van der Waals surface area contributed by atoms with Crippen LogP contribution in [0.2, 0.25) is 0 Å². The zero-order valence-electron chi connectivity index (χ0n) is 45.0. The molecule has 12 heteroatoms. The molecule has 0 aliphatic heterocycles. The molecule has 0 aromatic heterocycles. The molecule has 408 valence electrons. The van der Waals surface area contributed by atoms with Crippen LogP contribution in [0.1, 0.15) is 265 Å². The molecule has 3 atom stereocenters. The molecule has 0 aliphatic carbocycles. The maximum atomic E-state index is 12.9. The number of aliphatic hydroxyl groups is 1. The van der Waals surface area contributed by atoms with Crippen molar-refractivity contribution in [1.29, 1.82) is 0 Å². The minimum atomic E-state index is -4.74. The van der Waals surface area contributed by atoms with Gasteiger partial charge < -0.3 is 24.2 Å². The lowest BCUT2D eigenvalue weighted by atomic mass is 10.0. The standard InChI is InChI=1S/C58H105O11P/c1-4-7-10-13-16-19-22-25-26-27-28-31-32-35-38-41-44-47-56(60)65-51-55(69-58(62)49-46-43-40-37-34-30-24-21-18-15-12-9-6-3)53-67-70(63,64)66-52-54(50-59)68-57(61)48-45-42-39-36-33-29-23-20-17-14-11-8-5-2/h7,10,16,19,25-26,28,31,54-55,59H,4-6,8-9,11-15,17-18,20-24,27,29-30,32-53H2,1-3H3,(H,63,64)/b10-7-,19-16-,26-25-,31-28-. The molecule has 3 unspecified atom stereocenters. The lowest BCUT2D eigenvalue weighted by Crippen LogP contribution is -2.30. The van der Waals surface area contributed by atoms with Gasteiger partial charge in [0.1, 0.15) is 12.7 Å². The molecule has 0 saturated heterocycles. The van der Waals surface area contributed by atoms with Gasteiger partial charge >= 0.3 is 25.7 Å². The predicted octanol–water partition coefficient (Wildman–Crippen LogP) is 16.6. The van der Waals surface area contributed by atoms with Crippen molar-refractivity contribution in [2.75, 3.05) is 26.4 Å². The van der Waals surface area contributed by atoms with Crippen molar-refractivity contribution in [3.63, 3.8) is 0 Å². The summed E-state index contributed by atoms with van der Waals surface area (Å²) in [6, 6.07) is 0. The van der Waals surface area contributed by atoms with Gasteiger partial charge in [-0.2, -0.15) is 0 Å². The Morgan fingerprint density at radius 2 is 0.743 bits per heavy atom. The Kier molecular flexibility index (Phi) is 50.8. The smallest absolute Gasteiger partial charge is 0.462 e. The van der Waals surface area contributed by atoms with E-state index in [0.29, 0.717) is 19.3 Å². The molecule has 0 fully saturated rings. The van der Waals surface area contributed by atoms with Crippen molar-refractivity contribution < 1.29 is 52.2 Å². The molecule has 0 spiro atoms. The van der Waals surface area contributed by atoms with Crippen LogP contribution in [0.3, 0.4) is 0 Å². The first-order valence-electron chi connectivity index (χ1n) is 28.5. The first-order valence-corrected chi connectivity index (χ1v) is 30.0. The Hall–Kier alpha value is -2.56. The highest BCUT2D eigenvalue weighted by atomic mass is 31.2. The van der Waals surface area contributed by atoms with E-state index >= 15 is 0 Å². The van der Waals surface area contributed by atoms with E-state index in [-0.39, 0.29) is 25.9 Å². The van der Waals surface area contributed by atoms with E-state index in [1.54, 1.807) is 0 Å². The number of rotatable bonds is 53. The van der Waals surface area contributed by atoms with Gasteiger partial charge in [0, 0.05) is 19.3 Å². The molecule has 0 aromatic carbocycles. The number of hydrogen-bond donors (Lipinski definition) is 2. The number of ether oxygens (including phenoxy) is 3. The number of hydrogen-bond acceptors (Lipinski definition) is 10. The molecule has 11 nitrogen and oxygen atoms in total. The third-order valence-corrected chi connectivity index (χ3v) is 13.2. The Balaban J connectivity index is 4.73. The van der Waals surface area contributed by atoms with Crippen LogP contribution in [-0.4, -0.2) is 66.5 Å². The minimum Gasteiger partial charge on any atom is -0.462 e. The van der Waals surface area contributed by atoms with E-state index in [0.717, 1.165) is 89.9 Å². The fourth-order valence-corrected chi connectivity index (χ4v) is 8.72. The third-order valence-electron chi connectivity index (χ3n) is 12.3. The van der Waals surface area contributed by atoms with Crippen molar-refractivity contribution in [2.24, 2.45) is 0 Å². The van der Waals surface area contributed by atoms with Gasteiger partial charge in [-0.15, -0.1) is 0 Å². The minimum absolute atomic E-state index is 0.166. The lowest BCUT2D eigenvalue weighted by Gasteiger charge is -2.21. The highest BCUT2D eigenvalue weighted by Crippen LogP contribution is 2.43. The summed E-state index contributed by atoms with van der Waals surface area (Å²) in [5, 5.41) is 9.80. The highest BCUT2D eigenvalue weighted by Gasteiger charge is 2.28. The number of phosphoric ester groups is 1. The Bertz CT molecular complexity index is 1360. The fraction of sp³-hybridized carbons (Fsp3) is 0.810. The van der Waals surface area contributed by atoms with E-state index < -0.39 is 57.8 Å². The summed E-state index contributed by atoms with van der Waals surface area (Å²) in [7, 11) is -4.74. The molecule has 70 heavy (non-hydrogen) atoms. The van der Waals surface area contributed by atoms with Crippen molar-refractivity contribution in [3.05, 3.63) is 48.6 Å². The molecule has 0 rings (SSSR count). The van der Waals surface area contributed by atoms with Gasteiger partial charge in [-0.05, 0) is 57.8 Å². The summed E-state index contributed by atoms with van der Waals surface area (Å²) in [6.07, 6.45) is 54.9. The number of allylic oxidation sites excluding steroid dienone is 8. The molecular formula is C58H105O11P. The second-order valence-corrected chi connectivity index (χ2v) is 20.5. The van der Waals surface area contributed by atoms with E-state index in [1.165, 1.54) is 116 Å². The molecule has 0 aromatic rings. The van der Waals surface area contributed by atoms with Gasteiger partial charge in [0.2, 0.25) is 0 Å². The topological polar surface area (TPSA) is 155 Å². The van der Waals surface area contributed by atoms with Gasteiger partial charge in [0.05, 0.1) is 19.8 Å². The number of carbonyl (C=O) groups excluding carboxylic acids is 3. The van der Waals surface area contributed by atoms with Crippen LogP contribution in [0.25, 0.3) is 0 Å². The van der Waals surface area contributed by atoms with Crippen LogP contribution in [-0.2, 0) is 42.2 Å². The summed E-state index contributed by atoms with van der Waals surface area (Å²) in [5.41, 5.74) is 0. The van der Waals surface area contributed by atoms with E-state index in [2.05, 4.69) is 69.4 Å². The molecule has 0 radical (unpaired) electrons. The van der Waals surface area contributed by atoms with Crippen LogP contribution in [0, 0.1) is 0 Å². The Morgan fingerprint density at radius 1 is 0.414 bits per heavy atom. The summed E-state index contributed by atoms with van der Waals surface area (Å²) >= 11 is 0. The number of esters is 3. The summed E-state index contributed by atoms with van der Waals surface area (Å²) in [4.78, 5) is 48.5. The largest absolute Gasteiger partial charge is 0.472 e. The van der Waals surface area contributed by atoms with Crippen LogP contribution in [0.5, 0.6) is 0 Å². The maximum absolute atomic E-state index is 12.9. The molecule has 0 heterocycles. The van der Waals surface area contributed by atoms with E-state index in [4.69, 9.17) is 23.3 Å².